The van der Waals surface area contributed by atoms with Gasteiger partial charge in [0.05, 0.1) is 11.1 Å². The molecule has 0 aliphatic heterocycles. The highest BCUT2D eigenvalue weighted by atomic mass is 32.1. The molecule has 100 valence electrons. The molecular weight excluding hydrogens is 274 g/mol. The number of hydrogen-bond acceptors (Lipinski definition) is 4. The second kappa shape index (κ2) is 5.02. The van der Waals surface area contributed by atoms with Crippen LogP contribution in [0.5, 0.6) is 0 Å². The molecule has 3 rings (SSSR count). The maximum Gasteiger partial charge on any atom is 0.344 e. The van der Waals surface area contributed by atoms with Crippen molar-refractivity contribution >= 4 is 46.0 Å². The van der Waals surface area contributed by atoms with Gasteiger partial charge in [-0.25, -0.2) is 4.79 Å². The van der Waals surface area contributed by atoms with E-state index in [1.165, 1.54) is 0 Å². The van der Waals surface area contributed by atoms with Gasteiger partial charge in [-0.05, 0) is 29.7 Å². The van der Waals surface area contributed by atoms with E-state index in [0.717, 1.165) is 10.8 Å². The van der Waals surface area contributed by atoms with Crippen molar-refractivity contribution in [2.24, 2.45) is 0 Å². The Morgan fingerprint density at radius 1 is 1.10 bits per heavy atom. The van der Waals surface area contributed by atoms with E-state index in [2.05, 4.69) is 17.9 Å². The van der Waals surface area contributed by atoms with Crippen LogP contribution in [-0.2, 0) is 4.79 Å². The summed E-state index contributed by atoms with van der Waals surface area (Å²) in [7, 11) is 0. The molecule has 0 unspecified atom stereocenters. The molecule has 1 aromatic heterocycles. The summed E-state index contributed by atoms with van der Waals surface area (Å²) in [6.45, 7) is 0. The number of hydrogen-bond donors (Lipinski definition) is 2. The monoisotopic (exact) mass is 285 g/mol. The summed E-state index contributed by atoms with van der Waals surface area (Å²) in [6, 6.07) is 12.4. The first kappa shape index (κ1) is 12.7. The van der Waals surface area contributed by atoms with Crippen molar-refractivity contribution in [1.82, 2.24) is 0 Å². The molecule has 5 heteroatoms. The molecule has 0 atom stereocenters. The van der Waals surface area contributed by atoms with Gasteiger partial charge in [-0.1, -0.05) is 18.2 Å². The Morgan fingerprint density at radius 3 is 2.60 bits per heavy atom. The number of amides is 1. The van der Waals surface area contributed by atoms with Crippen LogP contribution in [0.25, 0.3) is 21.7 Å². The Bertz CT molecular complexity index is 870. The second-order valence-electron chi connectivity index (χ2n) is 4.35. The molecule has 0 fully saturated rings. The molecule has 0 aliphatic carbocycles. The Labute approximate surface area is 119 Å². The molecule has 0 radical (unpaired) electrons. The standard InChI is InChI=1S/C15H11NO3S/c17-14(8-20)16-9-5-6-13-12(7-9)10-3-1-2-4-11(10)15(18)19-13/h1-7,20H,8H2,(H,16,17). The largest absolute Gasteiger partial charge is 0.422 e. The van der Waals surface area contributed by atoms with Gasteiger partial charge in [-0.3, -0.25) is 4.79 Å². The van der Waals surface area contributed by atoms with Gasteiger partial charge in [0.2, 0.25) is 5.91 Å². The van der Waals surface area contributed by atoms with Crippen molar-refractivity contribution in [2.75, 3.05) is 11.1 Å². The number of nitrogens with one attached hydrogen (secondary N) is 1. The van der Waals surface area contributed by atoms with Crippen molar-refractivity contribution < 1.29 is 9.21 Å². The van der Waals surface area contributed by atoms with E-state index in [0.29, 0.717) is 16.7 Å². The molecule has 20 heavy (non-hydrogen) atoms. The van der Waals surface area contributed by atoms with E-state index in [9.17, 15) is 9.59 Å². The van der Waals surface area contributed by atoms with Crippen LogP contribution < -0.4 is 10.9 Å². The Hall–Kier alpha value is -2.27. The molecule has 4 nitrogen and oxygen atoms in total. The molecular formula is C15H11NO3S. The number of fused-ring (bicyclic) bond motifs is 3. The summed E-state index contributed by atoms with van der Waals surface area (Å²) >= 11 is 3.92. The molecule has 0 spiro atoms. The number of rotatable bonds is 2. The zero-order chi connectivity index (χ0) is 14.1. The highest BCUT2D eigenvalue weighted by Crippen LogP contribution is 2.25. The molecule has 0 aliphatic rings. The third-order valence-corrected chi connectivity index (χ3v) is 3.33. The fourth-order valence-electron chi connectivity index (χ4n) is 2.16. The number of benzene rings is 2. The SMILES string of the molecule is O=C(CS)Nc1ccc2oc(=O)c3ccccc3c2c1. The van der Waals surface area contributed by atoms with Gasteiger partial charge in [0.15, 0.2) is 0 Å². The zero-order valence-corrected chi connectivity index (χ0v) is 11.3. The predicted molar refractivity (Wildman–Crippen MR) is 82.5 cm³/mol. The zero-order valence-electron chi connectivity index (χ0n) is 10.4. The highest BCUT2D eigenvalue weighted by Gasteiger charge is 2.08. The van der Waals surface area contributed by atoms with Crippen molar-refractivity contribution in [2.45, 2.75) is 0 Å². The van der Waals surface area contributed by atoms with Crippen LogP contribution in [0.1, 0.15) is 0 Å². The maximum absolute atomic E-state index is 11.9. The van der Waals surface area contributed by atoms with Crippen LogP contribution in [0.3, 0.4) is 0 Å². The van der Waals surface area contributed by atoms with Crippen LogP contribution in [0.4, 0.5) is 5.69 Å². The highest BCUT2D eigenvalue weighted by molar-refractivity contribution is 7.81. The maximum atomic E-state index is 11.9. The smallest absolute Gasteiger partial charge is 0.344 e. The fraction of sp³-hybridized carbons (Fsp3) is 0.0667. The van der Waals surface area contributed by atoms with Gasteiger partial charge < -0.3 is 9.73 Å². The lowest BCUT2D eigenvalue weighted by Gasteiger charge is -2.06. The molecule has 0 bridgehead atoms. The van der Waals surface area contributed by atoms with Crippen LogP contribution in [-0.4, -0.2) is 11.7 Å². The Kier molecular flexibility index (Phi) is 3.20. The van der Waals surface area contributed by atoms with Crippen molar-refractivity contribution in [3.63, 3.8) is 0 Å². The molecule has 0 saturated heterocycles. The predicted octanol–water partition coefficient (Wildman–Crippen LogP) is 2.81. The van der Waals surface area contributed by atoms with Gasteiger partial charge in [0, 0.05) is 11.1 Å². The summed E-state index contributed by atoms with van der Waals surface area (Å²) in [4.78, 5) is 23.2. The van der Waals surface area contributed by atoms with Crippen molar-refractivity contribution in [3.05, 3.63) is 52.9 Å². The number of carbonyl (C=O) groups is 1. The minimum absolute atomic E-state index is 0.114. The van der Waals surface area contributed by atoms with E-state index in [1.54, 1.807) is 30.3 Å². The minimum Gasteiger partial charge on any atom is -0.422 e. The molecule has 1 N–H and O–H groups in total. The summed E-state index contributed by atoms with van der Waals surface area (Å²) in [5.74, 6) is -0.0720. The first-order valence-corrected chi connectivity index (χ1v) is 6.68. The lowest BCUT2D eigenvalue weighted by Crippen LogP contribution is -2.12. The normalized spacial score (nSPS) is 10.8. The lowest BCUT2D eigenvalue weighted by molar-refractivity contribution is -0.113. The van der Waals surface area contributed by atoms with E-state index in [-0.39, 0.29) is 17.3 Å². The van der Waals surface area contributed by atoms with Gasteiger partial charge >= 0.3 is 5.63 Å². The van der Waals surface area contributed by atoms with Crippen LogP contribution >= 0.6 is 12.6 Å². The van der Waals surface area contributed by atoms with E-state index >= 15 is 0 Å². The summed E-state index contributed by atoms with van der Waals surface area (Å²) in [5, 5.41) is 4.85. The molecule has 3 aromatic rings. The topological polar surface area (TPSA) is 59.3 Å². The molecule has 1 heterocycles. The number of carbonyl (C=O) groups excluding carboxylic acids is 1. The second-order valence-corrected chi connectivity index (χ2v) is 4.67. The van der Waals surface area contributed by atoms with Crippen LogP contribution in [0, 0.1) is 0 Å². The van der Waals surface area contributed by atoms with Crippen molar-refractivity contribution in [1.29, 1.82) is 0 Å². The quantitative estimate of drug-likeness (QED) is 0.432. The van der Waals surface area contributed by atoms with E-state index < -0.39 is 0 Å². The fourth-order valence-corrected chi connectivity index (χ4v) is 2.24. The van der Waals surface area contributed by atoms with Crippen LogP contribution in [0.2, 0.25) is 0 Å². The Balaban J connectivity index is 2.27. The third-order valence-electron chi connectivity index (χ3n) is 3.05. The average molecular weight is 285 g/mol. The van der Waals surface area contributed by atoms with Gasteiger partial charge in [0.25, 0.3) is 0 Å². The number of anilines is 1. The van der Waals surface area contributed by atoms with Gasteiger partial charge in [-0.2, -0.15) is 12.6 Å². The Morgan fingerprint density at radius 2 is 1.85 bits per heavy atom. The van der Waals surface area contributed by atoms with E-state index in [4.69, 9.17) is 4.42 Å². The number of thiol groups is 1. The van der Waals surface area contributed by atoms with Gasteiger partial charge in [0.1, 0.15) is 5.58 Å². The van der Waals surface area contributed by atoms with E-state index in [1.807, 2.05) is 12.1 Å². The summed E-state index contributed by atoms with van der Waals surface area (Å²) in [5.41, 5.74) is 0.786. The summed E-state index contributed by atoms with van der Waals surface area (Å²) < 4.78 is 5.28. The molecule has 2 aromatic carbocycles. The molecule has 0 saturated carbocycles. The lowest BCUT2D eigenvalue weighted by atomic mass is 10.1. The molecule has 1 amide bonds. The van der Waals surface area contributed by atoms with Crippen LogP contribution in [0.15, 0.2) is 51.7 Å². The third kappa shape index (κ3) is 2.16. The average Bonchev–Trinajstić information content (AvgIpc) is 2.48. The van der Waals surface area contributed by atoms with Gasteiger partial charge in [-0.15, -0.1) is 0 Å². The first-order chi connectivity index (χ1) is 9.69. The first-order valence-electron chi connectivity index (χ1n) is 6.05. The summed E-state index contributed by atoms with van der Waals surface area (Å²) in [6.07, 6.45) is 0. The van der Waals surface area contributed by atoms with Crippen molar-refractivity contribution in [3.8, 4) is 0 Å². The minimum atomic E-state index is -0.361.